The molecule has 0 spiro atoms. The highest BCUT2D eigenvalue weighted by atomic mass is 35.5. The van der Waals surface area contributed by atoms with Crippen LogP contribution in [0.25, 0.3) is 0 Å². The fourth-order valence-corrected chi connectivity index (χ4v) is 5.80. The van der Waals surface area contributed by atoms with Crippen molar-refractivity contribution in [1.82, 2.24) is 9.21 Å². The minimum Gasteiger partial charge on any atom is -0.495 e. The fraction of sp³-hybridized carbons (Fsp3) is 0.667. The highest BCUT2D eigenvalue weighted by Gasteiger charge is 2.34. The van der Waals surface area contributed by atoms with Gasteiger partial charge in [-0.3, -0.25) is 0 Å². The number of nitrogens with zero attached hydrogens (tertiary/aromatic N) is 2. The van der Waals surface area contributed by atoms with E-state index in [0.29, 0.717) is 36.0 Å². The number of ether oxygens (including phenoxy) is 2. The van der Waals surface area contributed by atoms with Crippen molar-refractivity contribution in [3.63, 3.8) is 0 Å². The number of benzene rings is 1. The normalized spacial score (nSPS) is 21.8. The van der Waals surface area contributed by atoms with E-state index in [1.807, 2.05) is 0 Å². The molecule has 0 radical (unpaired) electrons. The summed E-state index contributed by atoms with van der Waals surface area (Å²) in [5, 5.41) is 0.389. The van der Waals surface area contributed by atoms with Crippen LogP contribution >= 0.6 is 11.6 Å². The Balaban J connectivity index is 1.65. The first-order valence-electron chi connectivity index (χ1n) is 9.06. The van der Waals surface area contributed by atoms with Crippen LogP contribution in [-0.2, 0) is 14.8 Å². The second-order valence-corrected chi connectivity index (χ2v) is 9.24. The van der Waals surface area contributed by atoms with Crippen LogP contribution in [-0.4, -0.2) is 70.2 Å². The largest absolute Gasteiger partial charge is 0.495 e. The molecule has 1 aromatic rings. The van der Waals surface area contributed by atoms with E-state index in [1.54, 1.807) is 23.5 Å². The van der Waals surface area contributed by atoms with Gasteiger partial charge in [-0.2, -0.15) is 4.31 Å². The summed E-state index contributed by atoms with van der Waals surface area (Å²) >= 11 is 6.01. The van der Waals surface area contributed by atoms with Crippen molar-refractivity contribution in [3.8, 4) is 5.75 Å². The van der Waals surface area contributed by atoms with Crippen LogP contribution in [0.1, 0.15) is 25.7 Å². The highest BCUT2D eigenvalue weighted by Crippen LogP contribution is 2.32. The summed E-state index contributed by atoms with van der Waals surface area (Å²) in [6.07, 6.45) is 4.16. The molecule has 2 fully saturated rings. The van der Waals surface area contributed by atoms with Gasteiger partial charge in [-0.1, -0.05) is 11.6 Å². The van der Waals surface area contributed by atoms with Crippen LogP contribution in [0.3, 0.4) is 0 Å². The second-order valence-electron chi connectivity index (χ2n) is 6.90. The lowest BCUT2D eigenvalue weighted by molar-refractivity contribution is 0.0190. The van der Waals surface area contributed by atoms with E-state index in [0.717, 1.165) is 38.8 Å². The van der Waals surface area contributed by atoms with E-state index >= 15 is 0 Å². The van der Waals surface area contributed by atoms with Crippen LogP contribution in [0.2, 0.25) is 5.02 Å². The first-order chi connectivity index (χ1) is 12.5. The molecule has 3 rings (SSSR count). The Morgan fingerprint density at radius 1 is 1.04 bits per heavy atom. The molecule has 0 unspecified atom stereocenters. The lowest BCUT2D eigenvalue weighted by Crippen LogP contribution is -2.49. The van der Waals surface area contributed by atoms with Crippen LogP contribution in [0, 0.1) is 0 Å². The molecule has 146 valence electrons. The molecule has 2 heterocycles. The average Bonchev–Trinajstić information content (AvgIpc) is 2.68. The first kappa shape index (κ1) is 19.9. The molecule has 26 heavy (non-hydrogen) atoms. The maximum absolute atomic E-state index is 13.0. The maximum Gasteiger partial charge on any atom is 0.246 e. The van der Waals surface area contributed by atoms with Gasteiger partial charge in [0.25, 0.3) is 0 Å². The average molecular weight is 403 g/mol. The van der Waals surface area contributed by atoms with E-state index in [-0.39, 0.29) is 4.90 Å². The Hall–Kier alpha value is -0.860. The van der Waals surface area contributed by atoms with E-state index in [9.17, 15) is 8.42 Å². The lowest BCUT2D eigenvalue weighted by Gasteiger charge is -2.41. The molecule has 0 bridgehead atoms. The van der Waals surface area contributed by atoms with Gasteiger partial charge in [-0.25, -0.2) is 8.42 Å². The van der Waals surface area contributed by atoms with Crippen molar-refractivity contribution in [2.45, 2.75) is 42.7 Å². The maximum atomic E-state index is 13.0. The van der Waals surface area contributed by atoms with Crippen molar-refractivity contribution >= 4 is 21.6 Å². The van der Waals surface area contributed by atoms with Gasteiger partial charge in [0.05, 0.1) is 13.2 Å². The van der Waals surface area contributed by atoms with E-state index in [4.69, 9.17) is 21.1 Å². The quantitative estimate of drug-likeness (QED) is 0.757. The summed E-state index contributed by atoms with van der Waals surface area (Å²) in [4.78, 5) is 2.63. The first-order valence-corrected chi connectivity index (χ1v) is 10.9. The second kappa shape index (κ2) is 8.44. The molecule has 8 heteroatoms. The van der Waals surface area contributed by atoms with Crippen molar-refractivity contribution in [2.24, 2.45) is 0 Å². The molecular formula is C18H27ClN2O4S. The zero-order valence-corrected chi connectivity index (χ0v) is 16.9. The topological polar surface area (TPSA) is 59.1 Å². The highest BCUT2D eigenvalue weighted by molar-refractivity contribution is 7.89. The van der Waals surface area contributed by atoms with Gasteiger partial charge in [0.15, 0.2) is 0 Å². The Kier molecular flexibility index (Phi) is 6.45. The summed E-state index contributed by atoms with van der Waals surface area (Å²) < 4.78 is 38.3. The summed E-state index contributed by atoms with van der Waals surface area (Å²) in [6.45, 7) is 3.09. The van der Waals surface area contributed by atoms with Gasteiger partial charge < -0.3 is 14.4 Å². The van der Waals surface area contributed by atoms with Gasteiger partial charge in [0, 0.05) is 44.4 Å². The molecule has 0 aliphatic carbocycles. The Morgan fingerprint density at radius 3 is 2.27 bits per heavy atom. The molecule has 0 amide bonds. The Bertz CT molecular complexity index is 712. The number of hydrogen-bond donors (Lipinski definition) is 0. The van der Waals surface area contributed by atoms with Crippen molar-refractivity contribution in [2.75, 3.05) is 40.4 Å². The third-order valence-electron chi connectivity index (χ3n) is 5.49. The predicted octanol–water partition coefficient (Wildman–Crippen LogP) is 2.61. The third kappa shape index (κ3) is 4.17. The van der Waals surface area contributed by atoms with Crippen LogP contribution < -0.4 is 4.74 Å². The number of hydrogen-bond acceptors (Lipinski definition) is 5. The molecule has 0 atom stereocenters. The van der Waals surface area contributed by atoms with Gasteiger partial charge in [-0.05, 0) is 43.9 Å². The van der Waals surface area contributed by atoms with Crippen molar-refractivity contribution in [1.29, 1.82) is 0 Å². The monoisotopic (exact) mass is 402 g/mol. The minimum atomic E-state index is -3.61. The molecule has 1 aromatic carbocycles. The zero-order valence-electron chi connectivity index (χ0n) is 15.4. The summed E-state index contributed by atoms with van der Waals surface area (Å²) in [7, 11) is -0.367. The van der Waals surface area contributed by atoms with Crippen LogP contribution in [0.5, 0.6) is 5.75 Å². The number of halogens is 1. The lowest BCUT2D eigenvalue weighted by atomic mass is 10.00. The Morgan fingerprint density at radius 2 is 1.69 bits per heavy atom. The smallest absolute Gasteiger partial charge is 0.246 e. The van der Waals surface area contributed by atoms with E-state index in [2.05, 4.69) is 4.90 Å². The van der Waals surface area contributed by atoms with Gasteiger partial charge in [-0.15, -0.1) is 0 Å². The molecule has 2 aliphatic rings. The standard InChI is InChI=1S/C18H27ClN2O4S/c1-24-16-7-9-20(10-8-16)15-5-11-21(12-6-15)26(22,23)18-13-14(19)3-4-17(18)25-2/h3-4,13,15-16H,5-12H2,1-2H3. The third-order valence-corrected chi connectivity index (χ3v) is 7.65. The summed E-state index contributed by atoms with van der Waals surface area (Å²) in [5.74, 6) is 0.332. The fourth-order valence-electron chi connectivity index (χ4n) is 3.92. The number of rotatable bonds is 5. The molecule has 0 N–H and O–H groups in total. The number of sulfonamides is 1. The Labute approximate surface area is 161 Å². The van der Waals surface area contributed by atoms with Gasteiger partial charge in [0.1, 0.15) is 10.6 Å². The zero-order chi connectivity index (χ0) is 18.7. The summed E-state index contributed by atoms with van der Waals surface area (Å²) in [5.41, 5.74) is 0. The molecule has 2 saturated heterocycles. The van der Waals surface area contributed by atoms with Crippen molar-refractivity contribution in [3.05, 3.63) is 23.2 Å². The number of likely N-dealkylation sites (tertiary alicyclic amines) is 1. The van der Waals surface area contributed by atoms with Crippen molar-refractivity contribution < 1.29 is 17.9 Å². The SMILES string of the molecule is COc1ccc(Cl)cc1S(=O)(=O)N1CCC(N2CCC(OC)CC2)CC1. The van der Waals surface area contributed by atoms with Gasteiger partial charge >= 0.3 is 0 Å². The molecule has 2 aliphatic heterocycles. The van der Waals surface area contributed by atoms with E-state index in [1.165, 1.54) is 13.2 Å². The minimum absolute atomic E-state index is 0.145. The van der Waals surface area contributed by atoms with E-state index < -0.39 is 10.0 Å². The molecule has 6 nitrogen and oxygen atoms in total. The van der Waals surface area contributed by atoms with Crippen LogP contribution in [0.4, 0.5) is 0 Å². The predicted molar refractivity (Wildman–Crippen MR) is 101 cm³/mol. The van der Waals surface area contributed by atoms with Crippen LogP contribution in [0.15, 0.2) is 23.1 Å². The van der Waals surface area contributed by atoms with Gasteiger partial charge in [0.2, 0.25) is 10.0 Å². The molecule has 0 aromatic heterocycles. The number of methoxy groups -OCH3 is 2. The molecule has 0 saturated carbocycles. The molecular weight excluding hydrogens is 376 g/mol. The number of piperidine rings is 2. The summed E-state index contributed by atoms with van der Waals surface area (Å²) in [6, 6.07) is 5.15.